The zero-order valence-corrected chi connectivity index (χ0v) is 12.3. The number of rotatable bonds is 3. The Morgan fingerprint density at radius 3 is 2.67 bits per heavy atom. The highest BCUT2D eigenvalue weighted by Crippen LogP contribution is 2.35. The van der Waals surface area contributed by atoms with E-state index in [1.54, 1.807) is 0 Å². The van der Waals surface area contributed by atoms with E-state index < -0.39 is 0 Å². The molecule has 0 aliphatic carbocycles. The maximum absolute atomic E-state index is 4.56. The Kier molecular flexibility index (Phi) is 3.91. The van der Waals surface area contributed by atoms with Crippen molar-refractivity contribution in [2.24, 2.45) is 7.05 Å². The largest absolute Gasteiger partial charge is 0.293 e. The zero-order valence-electron chi connectivity index (χ0n) is 12.3. The number of aryl methyl sites for hydroxylation is 2. The van der Waals surface area contributed by atoms with Crippen LogP contribution in [0.3, 0.4) is 0 Å². The topological polar surface area (TPSA) is 21.1 Å². The molecule has 0 saturated carbocycles. The van der Waals surface area contributed by atoms with Gasteiger partial charge in [-0.25, -0.2) is 0 Å². The van der Waals surface area contributed by atoms with Gasteiger partial charge in [-0.2, -0.15) is 5.10 Å². The van der Waals surface area contributed by atoms with E-state index in [0.29, 0.717) is 6.04 Å². The number of hydrogen-bond acceptors (Lipinski definition) is 2. The molecule has 0 amide bonds. The predicted molar refractivity (Wildman–Crippen MR) is 75.7 cm³/mol. The van der Waals surface area contributed by atoms with Crippen molar-refractivity contribution in [3.63, 3.8) is 0 Å². The molecular formula is C15H25N3. The van der Waals surface area contributed by atoms with E-state index in [4.69, 9.17) is 0 Å². The lowest BCUT2D eigenvalue weighted by atomic mass is 10.0. The van der Waals surface area contributed by atoms with Crippen molar-refractivity contribution in [1.82, 2.24) is 14.7 Å². The standard InChI is InChI=1S/C15H25N3/c1-11(2)8-10-18-9-6-7-14(18)15-12(3)16-17(5)13(15)4/h8,14H,6-7,9-10H2,1-5H3. The van der Waals surface area contributed by atoms with Crippen LogP contribution in [0.5, 0.6) is 0 Å². The van der Waals surface area contributed by atoms with Crippen molar-refractivity contribution < 1.29 is 0 Å². The molecule has 1 aromatic rings. The van der Waals surface area contributed by atoms with Gasteiger partial charge in [0.25, 0.3) is 0 Å². The van der Waals surface area contributed by atoms with Gasteiger partial charge in [0.1, 0.15) is 0 Å². The van der Waals surface area contributed by atoms with Crippen LogP contribution in [0, 0.1) is 13.8 Å². The molecule has 100 valence electrons. The van der Waals surface area contributed by atoms with E-state index in [1.165, 1.54) is 41.9 Å². The summed E-state index contributed by atoms with van der Waals surface area (Å²) < 4.78 is 2.02. The van der Waals surface area contributed by atoms with Crippen molar-refractivity contribution in [3.05, 3.63) is 28.6 Å². The summed E-state index contributed by atoms with van der Waals surface area (Å²) in [4.78, 5) is 2.59. The van der Waals surface area contributed by atoms with Crippen LogP contribution < -0.4 is 0 Å². The first-order valence-electron chi connectivity index (χ1n) is 6.88. The number of hydrogen-bond donors (Lipinski definition) is 0. The van der Waals surface area contributed by atoms with Crippen LogP contribution in [0.25, 0.3) is 0 Å². The lowest BCUT2D eigenvalue weighted by Gasteiger charge is -2.24. The first-order chi connectivity index (χ1) is 8.50. The fourth-order valence-corrected chi connectivity index (χ4v) is 2.94. The van der Waals surface area contributed by atoms with Gasteiger partial charge >= 0.3 is 0 Å². The van der Waals surface area contributed by atoms with Gasteiger partial charge in [0, 0.05) is 30.9 Å². The van der Waals surface area contributed by atoms with Crippen LogP contribution in [0.2, 0.25) is 0 Å². The summed E-state index contributed by atoms with van der Waals surface area (Å²) in [6, 6.07) is 0.564. The number of allylic oxidation sites excluding steroid dienone is 1. The van der Waals surface area contributed by atoms with Gasteiger partial charge in [0.2, 0.25) is 0 Å². The molecule has 0 aromatic carbocycles. The van der Waals surface area contributed by atoms with Gasteiger partial charge in [-0.3, -0.25) is 9.58 Å². The van der Waals surface area contributed by atoms with E-state index in [1.807, 2.05) is 11.7 Å². The smallest absolute Gasteiger partial charge is 0.0644 e. The van der Waals surface area contributed by atoms with Crippen molar-refractivity contribution in [1.29, 1.82) is 0 Å². The third kappa shape index (κ3) is 2.51. The lowest BCUT2D eigenvalue weighted by Crippen LogP contribution is -2.24. The zero-order chi connectivity index (χ0) is 13.3. The summed E-state index contributed by atoms with van der Waals surface area (Å²) in [6.07, 6.45) is 4.90. The van der Waals surface area contributed by atoms with Crippen LogP contribution >= 0.6 is 0 Å². The summed E-state index contributed by atoms with van der Waals surface area (Å²) in [5, 5.41) is 4.56. The molecule has 1 aromatic heterocycles. The van der Waals surface area contributed by atoms with Crippen molar-refractivity contribution in [2.75, 3.05) is 13.1 Å². The highest BCUT2D eigenvalue weighted by molar-refractivity contribution is 5.29. The highest BCUT2D eigenvalue weighted by atomic mass is 15.3. The second-order valence-electron chi connectivity index (χ2n) is 5.64. The average molecular weight is 247 g/mol. The Hall–Kier alpha value is -1.09. The van der Waals surface area contributed by atoms with E-state index in [0.717, 1.165) is 6.54 Å². The minimum atomic E-state index is 0.564. The van der Waals surface area contributed by atoms with Gasteiger partial charge in [-0.15, -0.1) is 0 Å². The Balaban J connectivity index is 2.23. The lowest BCUT2D eigenvalue weighted by molar-refractivity contribution is 0.283. The Morgan fingerprint density at radius 2 is 2.11 bits per heavy atom. The second-order valence-corrected chi connectivity index (χ2v) is 5.64. The fourth-order valence-electron chi connectivity index (χ4n) is 2.94. The third-order valence-electron chi connectivity index (χ3n) is 4.00. The SMILES string of the molecule is CC(C)=CCN1CCCC1c1c(C)nn(C)c1C. The molecule has 0 N–H and O–H groups in total. The summed E-state index contributed by atoms with van der Waals surface area (Å²) in [5.41, 5.74) is 5.38. The molecule has 1 saturated heterocycles. The van der Waals surface area contributed by atoms with Crippen LogP contribution in [0.1, 0.15) is 49.7 Å². The molecule has 1 unspecified atom stereocenters. The molecule has 2 heterocycles. The third-order valence-corrected chi connectivity index (χ3v) is 4.00. The second kappa shape index (κ2) is 5.27. The molecule has 3 nitrogen and oxygen atoms in total. The molecule has 0 radical (unpaired) electrons. The van der Waals surface area contributed by atoms with Gasteiger partial charge in [-0.1, -0.05) is 11.6 Å². The minimum absolute atomic E-state index is 0.564. The maximum Gasteiger partial charge on any atom is 0.0644 e. The molecule has 1 aliphatic rings. The van der Waals surface area contributed by atoms with Gasteiger partial charge < -0.3 is 0 Å². The Bertz CT molecular complexity index is 453. The van der Waals surface area contributed by atoms with Crippen molar-refractivity contribution >= 4 is 0 Å². The first kappa shape index (κ1) is 13.3. The van der Waals surface area contributed by atoms with Gasteiger partial charge in [0.15, 0.2) is 0 Å². The molecule has 3 heteroatoms. The summed E-state index contributed by atoms with van der Waals surface area (Å²) in [7, 11) is 2.04. The summed E-state index contributed by atoms with van der Waals surface area (Å²) >= 11 is 0. The molecule has 1 atom stereocenters. The Morgan fingerprint density at radius 1 is 1.39 bits per heavy atom. The molecule has 0 bridgehead atoms. The van der Waals surface area contributed by atoms with Crippen molar-refractivity contribution in [3.8, 4) is 0 Å². The maximum atomic E-state index is 4.56. The van der Waals surface area contributed by atoms with Crippen LogP contribution in [0.15, 0.2) is 11.6 Å². The number of nitrogens with zero attached hydrogens (tertiary/aromatic N) is 3. The number of aromatic nitrogens is 2. The Labute approximate surface area is 110 Å². The molecule has 0 spiro atoms. The first-order valence-corrected chi connectivity index (χ1v) is 6.88. The number of likely N-dealkylation sites (tertiary alicyclic amines) is 1. The van der Waals surface area contributed by atoms with E-state index >= 15 is 0 Å². The monoisotopic (exact) mass is 247 g/mol. The van der Waals surface area contributed by atoms with Crippen molar-refractivity contribution in [2.45, 2.75) is 46.6 Å². The quantitative estimate of drug-likeness (QED) is 0.765. The molecule has 1 fully saturated rings. The van der Waals surface area contributed by atoms with Crippen LogP contribution in [-0.2, 0) is 7.05 Å². The summed E-state index contributed by atoms with van der Waals surface area (Å²) in [6.45, 7) is 11.0. The normalized spacial score (nSPS) is 20.4. The van der Waals surface area contributed by atoms with E-state index in [2.05, 4.69) is 43.8 Å². The average Bonchev–Trinajstić information content (AvgIpc) is 2.82. The van der Waals surface area contributed by atoms with Crippen LogP contribution in [-0.4, -0.2) is 27.8 Å². The molecule has 2 rings (SSSR count). The van der Waals surface area contributed by atoms with E-state index in [-0.39, 0.29) is 0 Å². The van der Waals surface area contributed by atoms with E-state index in [9.17, 15) is 0 Å². The molecule has 18 heavy (non-hydrogen) atoms. The highest BCUT2D eigenvalue weighted by Gasteiger charge is 2.29. The van der Waals surface area contributed by atoms with Gasteiger partial charge in [-0.05, 0) is 47.1 Å². The predicted octanol–water partition coefficient (Wildman–Crippen LogP) is 3.14. The van der Waals surface area contributed by atoms with Crippen LogP contribution in [0.4, 0.5) is 0 Å². The fraction of sp³-hybridized carbons (Fsp3) is 0.667. The molecular weight excluding hydrogens is 222 g/mol. The summed E-state index contributed by atoms with van der Waals surface area (Å²) in [5.74, 6) is 0. The molecule has 1 aliphatic heterocycles. The van der Waals surface area contributed by atoms with Gasteiger partial charge in [0.05, 0.1) is 5.69 Å². The minimum Gasteiger partial charge on any atom is -0.293 e.